The van der Waals surface area contributed by atoms with E-state index in [9.17, 15) is 10.4 Å². The summed E-state index contributed by atoms with van der Waals surface area (Å²) in [6, 6.07) is 10.7. The maximum atomic E-state index is 9.83. The van der Waals surface area contributed by atoms with Gasteiger partial charge in [-0.15, -0.1) is 0 Å². The minimum Gasteiger partial charge on any atom is -0.508 e. The van der Waals surface area contributed by atoms with Crippen LogP contribution < -0.4 is 5.32 Å². The van der Waals surface area contributed by atoms with Gasteiger partial charge in [0.2, 0.25) is 0 Å². The van der Waals surface area contributed by atoms with Crippen molar-refractivity contribution in [2.75, 3.05) is 0 Å². The zero-order valence-corrected chi connectivity index (χ0v) is 10.7. The predicted octanol–water partition coefficient (Wildman–Crippen LogP) is 2.45. The van der Waals surface area contributed by atoms with E-state index in [4.69, 9.17) is 0 Å². The Labute approximate surface area is 112 Å². The number of benzene rings is 1. The summed E-state index contributed by atoms with van der Waals surface area (Å²) in [5.74, 6) is 0.135. The third kappa shape index (κ3) is 3.30. The number of aromatic nitrogens is 1. The number of aryl methyl sites for hydroxylation is 1. The molecule has 4 nitrogen and oxygen atoms in total. The van der Waals surface area contributed by atoms with E-state index in [0.717, 1.165) is 11.1 Å². The number of hydrogen-bond acceptors (Lipinski definition) is 4. The zero-order chi connectivity index (χ0) is 13.7. The molecular weight excluding hydrogens is 238 g/mol. The summed E-state index contributed by atoms with van der Waals surface area (Å²) < 4.78 is 0. The molecule has 0 aliphatic rings. The standard InChI is InChI=1S/C15H15N3O/c1-11-4-5-15(19)13(7-11)14(8-16)18-10-12-3-2-6-17-9-12/h2-7,9,14,18-19H,10H2,1H3. The average Bonchev–Trinajstić information content (AvgIpc) is 2.44. The minimum absolute atomic E-state index is 0.135. The number of phenols is 1. The van der Waals surface area contributed by atoms with E-state index >= 15 is 0 Å². The second-order valence-electron chi connectivity index (χ2n) is 4.37. The molecule has 0 bridgehead atoms. The average molecular weight is 253 g/mol. The highest BCUT2D eigenvalue weighted by atomic mass is 16.3. The molecule has 96 valence electrons. The highest BCUT2D eigenvalue weighted by Crippen LogP contribution is 2.25. The SMILES string of the molecule is Cc1ccc(O)c(C(C#N)NCc2cccnc2)c1. The van der Waals surface area contributed by atoms with Gasteiger partial charge < -0.3 is 5.11 Å². The Kier molecular flexibility index (Phi) is 4.11. The summed E-state index contributed by atoms with van der Waals surface area (Å²) in [4.78, 5) is 4.02. The third-order valence-corrected chi connectivity index (χ3v) is 2.86. The summed E-state index contributed by atoms with van der Waals surface area (Å²) in [6.45, 7) is 2.46. The monoisotopic (exact) mass is 253 g/mol. The lowest BCUT2D eigenvalue weighted by Crippen LogP contribution is -2.19. The summed E-state index contributed by atoms with van der Waals surface area (Å²) in [5.41, 5.74) is 2.61. The van der Waals surface area contributed by atoms with E-state index in [1.54, 1.807) is 18.5 Å². The molecule has 0 spiro atoms. The second-order valence-corrected chi connectivity index (χ2v) is 4.37. The first-order valence-electron chi connectivity index (χ1n) is 6.02. The van der Waals surface area contributed by atoms with Crippen molar-refractivity contribution in [1.82, 2.24) is 10.3 Å². The van der Waals surface area contributed by atoms with E-state index in [2.05, 4.69) is 16.4 Å². The lowest BCUT2D eigenvalue weighted by atomic mass is 10.0. The van der Waals surface area contributed by atoms with Crippen LogP contribution in [0.15, 0.2) is 42.7 Å². The molecule has 2 rings (SSSR count). The van der Waals surface area contributed by atoms with Gasteiger partial charge >= 0.3 is 0 Å². The number of phenolic OH excluding ortho intramolecular Hbond substituents is 1. The number of nitrogens with zero attached hydrogens (tertiary/aromatic N) is 2. The van der Waals surface area contributed by atoms with Gasteiger partial charge in [-0.2, -0.15) is 5.26 Å². The van der Waals surface area contributed by atoms with Crippen LogP contribution in [0.4, 0.5) is 0 Å². The number of pyridine rings is 1. The van der Waals surface area contributed by atoms with Crippen molar-refractivity contribution >= 4 is 0 Å². The van der Waals surface area contributed by atoms with Gasteiger partial charge in [0.05, 0.1) is 6.07 Å². The van der Waals surface area contributed by atoms with Crippen LogP contribution >= 0.6 is 0 Å². The molecule has 2 N–H and O–H groups in total. The van der Waals surface area contributed by atoms with E-state index in [-0.39, 0.29) is 5.75 Å². The van der Waals surface area contributed by atoms with Gasteiger partial charge in [-0.05, 0) is 30.7 Å². The molecule has 1 aromatic heterocycles. The van der Waals surface area contributed by atoms with Crippen LogP contribution in [0.5, 0.6) is 5.75 Å². The summed E-state index contributed by atoms with van der Waals surface area (Å²) in [7, 11) is 0. The molecule has 1 heterocycles. The van der Waals surface area contributed by atoms with Crippen LogP contribution in [0.25, 0.3) is 0 Å². The molecule has 4 heteroatoms. The van der Waals surface area contributed by atoms with E-state index in [0.29, 0.717) is 12.1 Å². The van der Waals surface area contributed by atoms with Crippen molar-refractivity contribution in [3.05, 3.63) is 59.4 Å². The first kappa shape index (κ1) is 13.1. The Morgan fingerprint density at radius 3 is 2.95 bits per heavy atom. The van der Waals surface area contributed by atoms with Crippen molar-refractivity contribution in [1.29, 1.82) is 5.26 Å². The number of nitriles is 1. The van der Waals surface area contributed by atoms with Crippen molar-refractivity contribution in [3.63, 3.8) is 0 Å². The Hall–Kier alpha value is -2.38. The maximum absolute atomic E-state index is 9.83. The first-order chi connectivity index (χ1) is 9.20. The quantitative estimate of drug-likeness (QED) is 0.878. The molecule has 1 atom stereocenters. The third-order valence-electron chi connectivity index (χ3n) is 2.86. The summed E-state index contributed by atoms with van der Waals surface area (Å²) in [5, 5.41) is 22.2. The lowest BCUT2D eigenvalue weighted by Gasteiger charge is -2.14. The Bertz CT molecular complexity index is 590. The smallest absolute Gasteiger partial charge is 0.125 e. The van der Waals surface area contributed by atoms with Gasteiger partial charge in [-0.25, -0.2) is 0 Å². The highest BCUT2D eigenvalue weighted by Gasteiger charge is 2.14. The van der Waals surface area contributed by atoms with E-state index < -0.39 is 6.04 Å². The number of rotatable bonds is 4. The Morgan fingerprint density at radius 2 is 2.26 bits per heavy atom. The fourth-order valence-corrected chi connectivity index (χ4v) is 1.85. The van der Waals surface area contributed by atoms with Crippen molar-refractivity contribution < 1.29 is 5.11 Å². The van der Waals surface area contributed by atoms with Crippen molar-refractivity contribution in [2.45, 2.75) is 19.5 Å². The Morgan fingerprint density at radius 1 is 1.42 bits per heavy atom. The minimum atomic E-state index is -0.542. The van der Waals surface area contributed by atoms with Gasteiger partial charge in [0.25, 0.3) is 0 Å². The fraction of sp³-hybridized carbons (Fsp3) is 0.200. The van der Waals surface area contributed by atoms with Crippen LogP contribution in [0, 0.1) is 18.3 Å². The van der Waals surface area contributed by atoms with Gasteiger partial charge in [-0.1, -0.05) is 17.7 Å². The molecule has 0 fully saturated rings. The summed E-state index contributed by atoms with van der Waals surface area (Å²) in [6.07, 6.45) is 3.45. The molecule has 0 aliphatic carbocycles. The molecule has 2 aromatic rings. The van der Waals surface area contributed by atoms with Crippen LogP contribution in [0.2, 0.25) is 0 Å². The maximum Gasteiger partial charge on any atom is 0.125 e. The molecular formula is C15H15N3O. The van der Waals surface area contributed by atoms with Gasteiger partial charge in [0, 0.05) is 24.5 Å². The normalized spacial score (nSPS) is 11.8. The number of hydrogen-bond donors (Lipinski definition) is 2. The molecule has 0 saturated heterocycles. The van der Waals surface area contributed by atoms with Gasteiger partial charge in [-0.3, -0.25) is 10.3 Å². The summed E-state index contributed by atoms with van der Waals surface area (Å²) >= 11 is 0. The van der Waals surface area contributed by atoms with Crippen molar-refractivity contribution in [2.24, 2.45) is 0 Å². The van der Waals surface area contributed by atoms with Gasteiger partial charge in [0.15, 0.2) is 0 Å². The second kappa shape index (κ2) is 5.98. The first-order valence-corrected chi connectivity index (χ1v) is 6.02. The van der Waals surface area contributed by atoms with Crippen LogP contribution in [0.3, 0.4) is 0 Å². The van der Waals surface area contributed by atoms with Crippen LogP contribution in [0.1, 0.15) is 22.7 Å². The molecule has 0 aliphatic heterocycles. The fourth-order valence-electron chi connectivity index (χ4n) is 1.85. The van der Waals surface area contributed by atoms with Gasteiger partial charge in [0.1, 0.15) is 11.8 Å². The van der Waals surface area contributed by atoms with Crippen molar-refractivity contribution in [3.8, 4) is 11.8 Å². The highest BCUT2D eigenvalue weighted by molar-refractivity contribution is 5.40. The number of nitrogens with one attached hydrogen (secondary N) is 1. The zero-order valence-electron chi connectivity index (χ0n) is 10.7. The van der Waals surface area contributed by atoms with E-state index in [1.807, 2.05) is 31.2 Å². The van der Waals surface area contributed by atoms with Crippen LogP contribution in [-0.4, -0.2) is 10.1 Å². The van der Waals surface area contributed by atoms with E-state index in [1.165, 1.54) is 0 Å². The Balaban J connectivity index is 2.13. The number of aromatic hydroxyl groups is 1. The largest absolute Gasteiger partial charge is 0.508 e. The molecule has 0 radical (unpaired) electrons. The molecule has 0 amide bonds. The lowest BCUT2D eigenvalue weighted by molar-refractivity contribution is 0.459. The predicted molar refractivity (Wildman–Crippen MR) is 72.3 cm³/mol. The molecule has 1 unspecified atom stereocenters. The molecule has 0 saturated carbocycles. The molecule has 1 aromatic carbocycles. The molecule has 19 heavy (non-hydrogen) atoms. The van der Waals surface area contributed by atoms with Crippen LogP contribution in [-0.2, 0) is 6.54 Å². The topological polar surface area (TPSA) is 68.9 Å².